The molecular formula is C24H29N3O6. The number of carboxylic acid groups (broad SMARTS) is 2. The van der Waals surface area contributed by atoms with E-state index in [2.05, 4.69) is 10.3 Å². The lowest BCUT2D eigenvalue weighted by Gasteiger charge is -2.39. The first-order valence-electron chi connectivity index (χ1n) is 13.1. The number of likely N-dealkylation sites (N-methyl/N-ethyl adjacent to an activating group) is 1. The number of H-pyrrole nitrogens is 1. The molecule has 33 heavy (non-hydrogen) atoms. The van der Waals surface area contributed by atoms with Crippen LogP contribution in [0.3, 0.4) is 0 Å². The van der Waals surface area contributed by atoms with Gasteiger partial charge in [-0.2, -0.15) is 0 Å². The number of carbonyl (C=O) groups excluding carboxylic acids is 1. The maximum Gasteiger partial charge on any atom is 0.328 e. The van der Waals surface area contributed by atoms with E-state index in [-0.39, 0.29) is 6.04 Å². The summed E-state index contributed by atoms with van der Waals surface area (Å²) < 4.78 is 46.2. The fourth-order valence-electron chi connectivity index (χ4n) is 4.11. The third kappa shape index (κ3) is 5.50. The second-order valence-electron chi connectivity index (χ2n) is 7.69. The molecule has 0 bridgehead atoms. The predicted molar refractivity (Wildman–Crippen MR) is 124 cm³/mol. The molecule has 1 aliphatic carbocycles. The zero-order valence-corrected chi connectivity index (χ0v) is 17.8. The standard InChI is InChI=1S/C20H25N3O2.C4H4O4/c1-3-14(11-24)22-20(25)13-7-16-15-5-4-6-17-19(15)12(9-21-17)8-18(16)23(2)10-13;5-3(6)1-2-4(7)8/h4-7,9,13-14,18,21,24H,3,8,10-11H2,1-2H3,(H,22,25);1-2H,(H,5,6)(H,7,8)/b;2-1-/t13-,14+,18-;/m1./s1/i1D3,3D2,14D;. The molecule has 1 aromatic heterocycles. The summed E-state index contributed by atoms with van der Waals surface area (Å²) in [4.78, 5) is 37.5. The molecule has 0 radical (unpaired) electrons. The van der Waals surface area contributed by atoms with Gasteiger partial charge in [-0.1, -0.05) is 25.1 Å². The van der Waals surface area contributed by atoms with Crippen molar-refractivity contribution in [2.75, 3.05) is 20.2 Å². The summed E-state index contributed by atoms with van der Waals surface area (Å²) in [6.07, 6.45) is 2.59. The molecule has 2 aromatic rings. The van der Waals surface area contributed by atoms with Crippen LogP contribution in [0.5, 0.6) is 0 Å². The van der Waals surface area contributed by atoms with Gasteiger partial charge in [0.25, 0.3) is 0 Å². The molecule has 0 saturated carbocycles. The molecule has 3 atom stereocenters. The van der Waals surface area contributed by atoms with Crippen LogP contribution in [-0.2, 0) is 20.8 Å². The summed E-state index contributed by atoms with van der Waals surface area (Å²) in [6, 6.07) is 3.30. The first kappa shape index (κ1) is 17.1. The van der Waals surface area contributed by atoms with Gasteiger partial charge in [0.05, 0.1) is 19.9 Å². The van der Waals surface area contributed by atoms with Crippen LogP contribution in [0.1, 0.15) is 32.6 Å². The van der Waals surface area contributed by atoms with Gasteiger partial charge < -0.3 is 25.6 Å². The number of nitrogens with zero attached hydrogens (tertiary/aromatic N) is 1. The third-order valence-corrected chi connectivity index (χ3v) is 5.56. The number of aliphatic hydroxyl groups excluding tert-OH is 1. The van der Waals surface area contributed by atoms with Crippen LogP contribution in [0.25, 0.3) is 16.5 Å². The van der Waals surface area contributed by atoms with E-state index in [1.165, 1.54) is 5.56 Å². The molecule has 4 rings (SSSR count). The van der Waals surface area contributed by atoms with Crippen LogP contribution in [0.2, 0.25) is 0 Å². The van der Waals surface area contributed by atoms with Crippen LogP contribution in [0.4, 0.5) is 0 Å². The van der Waals surface area contributed by atoms with Gasteiger partial charge in [0.1, 0.15) is 0 Å². The van der Waals surface area contributed by atoms with Gasteiger partial charge in [-0.15, -0.1) is 0 Å². The van der Waals surface area contributed by atoms with Crippen molar-refractivity contribution in [2.45, 2.75) is 31.7 Å². The lowest BCUT2D eigenvalue weighted by atomic mass is 9.80. The highest BCUT2D eigenvalue weighted by atomic mass is 16.4. The molecule has 0 fully saturated rings. The number of carboxylic acids is 2. The Kier molecular flexibility index (Phi) is 5.42. The van der Waals surface area contributed by atoms with E-state index in [1.54, 1.807) is 0 Å². The van der Waals surface area contributed by atoms with Gasteiger partial charge >= 0.3 is 11.9 Å². The quantitative estimate of drug-likeness (QED) is 0.412. The number of hydrogen-bond donors (Lipinski definition) is 5. The number of fused-ring (bicyclic) bond motifs is 2. The number of hydrogen-bond acceptors (Lipinski definition) is 5. The molecule has 2 heterocycles. The van der Waals surface area contributed by atoms with Crippen LogP contribution in [-0.4, -0.2) is 75.3 Å². The van der Waals surface area contributed by atoms with E-state index in [4.69, 9.17) is 18.4 Å². The van der Waals surface area contributed by atoms with E-state index in [0.29, 0.717) is 18.7 Å². The van der Waals surface area contributed by atoms with Gasteiger partial charge in [0.15, 0.2) is 0 Å². The first-order chi connectivity index (χ1) is 18.0. The minimum Gasteiger partial charge on any atom is -0.478 e. The Hall–Kier alpha value is -3.43. The molecule has 2 aliphatic rings. The largest absolute Gasteiger partial charge is 0.478 e. The fourth-order valence-corrected chi connectivity index (χ4v) is 4.11. The Morgan fingerprint density at radius 3 is 2.73 bits per heavy atom. The van der Waals surface area contributed by atoms with Gasteiger partial charge in [-0.25, -0.2) is 9.59 Å². The molecule has 9 nitrogen and oxygen atoms in total. The maximum atomic E-state index is 13.0. The third-order valence-electron chi connectivity index (χ3n) is 5.56. The van der Waals surface area contributed by atoms with Gasteiger partial charge in [0.2, 0.25) is 5.91 Å². The molecular weight excluding hydrogens is 426 g/mol. The van der Waals surface area contributed by atoms with Crippen molar-refractivity contribution in [2.24, 2.45) is 5.92 Å². The Bertz CT molecular complexity index is 1320. The summed E-state index contributed by atoms with van der Waals surface area (Å²) >= 11 is 0. The van der Waals surface area contributed by atoms with Gasteiger partial charge in [-0.3, -0.25) is 9.69 Å². The van der Waals surface area contributed by atoms with Crippen molar-refractivity contribution in [3.05, 3.63) is 53.8 Å². The Morgan fingerprint density at radius 1 is 1.36 bits per heavy atom. The summed E-state index contributed by atoms with van der Waals surface area (Å²) in [6.45, 7) is -4.03. The molecule has 0 saturated heterocycles. The molecule has 1 aliphatic heterocycles. The number of aliphatic hydroxyl groups is 1. The number of nitrogens with one attached hydrogen (secondary N) is 2. The second kappa shape index (κ2) is 10.5. The molecule has 0 unspecified atom stereocenters. The molecule has 176 valence electrons. The summed E-state index contributed by atoms with van der Waals surface area (Å²) in [5.41, 5.74) is 4.22. The zero-order valence-electron chi connectivity index (χ0n) is 23.8. The van der Waals surface area contributed by atoms with Gasteiger partial charge in [-0.05, 0) is 42.6 Å². The highest BCUT2D eigenvalue weighted by Gasteiger charge is 2.35. The van der Waals surface area contributed by atoms with Crippen molar-refractivity contribution >= 4 is 34.3 Å². The van der Waals surface area contributed by atoms with E-state index >= 15 is 0 Å². The minimum atomic E-state index is -3.19. The Labute approximate surface area is 199 Å². The predicted octanol–water partition coefficient (Wildman–Crippen LogP) is 1.64. The first-order valence-corrected chi connectivity index (χ1v) is 10.1. The van der Waals surface area contributed by atoms with Crippen LogP contribution in [0.15, 0.2) is 42.6 Å². The number of amides is 1. The number of rotatable bonds is 6. The smallest absolute Gasteiger partial charge is 0.328 e. The van der Waals surface area contributed by atoms with E-state index in [0.717, 1.165) is 28.5 Å². The number of carbonyl (C=O) groups is 3. The number of aromatic amines is 1. The Balaban J connectivity index is 0.000000459. The normalized spacial score (nSPS) is 24.8. The zero-order chi connectivity index (χ0) is 29.3. The van der Waals surface area contributed by atoms with Crippen LogP contribution < -0.4 is 5.32 Å². The van der Waals surface area contributed by atoms with E-state index < -0.39 is 49.6 Å². The van der Waals surface area contributed by atoms with Crippen molar-refractivity contribution in [3.63, 3.8) is 0 Å². The van der Waals surface area contributed by atoms with Gasteiger partial charge in [0, 0.05) is 48.7 Å². The molecule has 1 aromatic carbocycles. The van der Waals surface area contributed by atoms with Crippen LogP contribution in [0, 0.1) is 5.92 Å². The lowest BCUT2D eigenvalue weighted by Crippen LogP contribution is -2.48. The van der Waals surface area contributed by atoms with E-state index in [9.17, 15) is 19.5 Å². The molecule has 1 amide bonds. The fraction of sp³-hybridized carbons (Fsp3) is 0.375. The van der Waals surface area contributed by atoms with Crippen molar-refractivity contribution in [1.29, 1.82) is 0 Å². The monoisotopic (exact) mass is 461 g/mol. The van der Waals surface area contributed by atoms with Crippen molar-refractivity contribution in [3.8, 4) is 0 Å². The molecule has 5 N–H and O–H groups in total. The van der Waals surface area contributed by atoms with Crippen LogP contribution >= 0.6 is 0 Å². The lowest BCUT2D eigenvalue weighted by molar-refractivity contribution is -0.134. The summed E-state index contributed by atoms with van der Waals surface area (Å²) in [5, 5.41) is 28.6. The molecule has 9 heteroatoms. The summed E-state index contributed by atoms with van der Waals surface area (Å²) in [5.74, 6) is -3.93. The second-order valence-corrected chi connectivity index (χ2v) is 7.69. The van der Waals surface area contributed by atoms with Crippen molar-refractivity contribution in [1.82, 2.24) is 15.2 Å². The molecule has 0 spiro atoms. The minimum absolute atomic E-state index is 0.0744. The number of aliphatic carboxylic acids is 2. The number of aromatic nitrogens is 1. The SMILES string of the molecule is O=C(O)/C=C\C(=O)O.[2H]C([2H])([2H])C([2H])([2H])[C@@]([2H])(CO)NC(=O)[C@@H]1C=C2c3cccc4[nH]cc(c34)C[C@H]2N(C)C1. The summed E-state index contributed by atoms with van der Waals surface area (Å²) in [7, 11) is 1.90. The Morgan fingerprint density at radius 2 is 2.09 bits per heavy atom. The topological polar surface area (TPSA) is 143 Å². The highest BCUT2D eigenvalue weighted by Crippen LogP contribution is 2.40. The number of benzene rings is 1. The average molecular weight is 462 g/mol. The maximum absolute atomic E-state index is 13.0. The highest BCUT2D eigenvalue weighted by molar-refractivity contribution is 5.99. The van der Waals surface area contributed by atoms with Crippen molar-refractivity contribution < 1.29 is 37.9 Å². The van der Waals surface area contributed by atoms with E-state index in [1.807, 2.05) is 42.4 Å². The average Bonchev–Trinajstić information content (AvgIpc) is 3.27.